The van der Waals surface area contributed by atoms with Crippen molar-refractivity contribution in [2.75, 3.05) is 14.7 Å². The van der Waals surface area contributed by atoms with Crippen LogP contribution < -0.4 is 31.1 Å². The molecular formula is C70H62BN3OS. The van der Waals surface area contributed by atoms with E-state index >= 15 is 0 Å². The molecule has 0 amide bonds. The minimum atomic E-state index is -0.176. The Balaban J connectivity index is 1.14. The van der Waals surface area contributed by atoms with Gasteiger partial charge in [-0.05, 0) is 130 Å². The average molecular weight is 1000 g/mol. The molecule has 0 radical (unpaired) electrons. The van der Waals surface area contributed by atoms with E-state index in [4.69, 9.17) is 4.42 Å². The van der Waals surface area contributed by atoms with Gasteiger partial charge in [0.25, 0.3) is 6.71 Å². The largest absolute Gasteiger partial charge is 0.454 e. The fourth-order valence-corrected chi connectivity index (χ4v) is 15.6. The molecule has 1 saturated carbocycles. The monoisotopic (exact) mass is 1000 g/mol. The highest BCUT2D eigenvalue weighted by molar-refractivity contribution is 7.26. The maximum atomic E-state index is 7.09. The first-order valence-electron chi connectivity index (χ1n) is 27.6. The topological polar surface area (TPSA) is 22.9 Å². The van der Waals surface area contributed by atoms with E-state index in [-0.39, 0.29) is 28.5 Å². The number of nitrogens with zero attached hydrogens (tertiary/aromatic N) is 3. The van der Waals surface area contributed by atoms with Crippen LogP contribution in [0.5, 0.6) is 0 Å². The first-order valence-corrected chi connectivity index (χ1v) is 28.4. The summed E-state index contributed by atoms with van der Waals surface area (Å²) in [4.78, 5) is 8.12. The summed E-state index contributed by atoms with van der Waals surface area (Å²) in [6.45, 7) is 19.1. The molecule has 4 aliphatic rings. The van der Waals surface area contributed by atoms with Crippen molar-refractivity contribution in [3.8, 4) is 11.1 Å². The van der Waals surface area contributed by atoms with Crippen molar-refractivity contribution in [1.82, 2.24) is 0 Å². The number of rotatable bonds is 4. The van der Waals surface area contributed by atoms with Gasteiger partial charge in [0.1, 0.15) is 5.58 Å². The van der Waals surface area contributed by atoms with E-state index in [1.54, 1.807) is 0 Å². The predicted octanol–water partition coefficient (Wildman–Crippen LogP) is 18.0. The highest BCUT2D eigenvalue weighted by Gasteiger charge is 2.58. The molecule has 3 aliphatic heterocycles. The lowest BCUT2D eigenvalue weighted by molar-refractivity contribution is 0.195. The molecule has 9 aromatic carbocycles. The summed E-state index contributed by atoms with van der Waals surface area (Å²) >= 11 is 1.91. The number of para-hydroxylation sites is 3. The van der Waals surface area contributed by atoms with Crippen LogP contribution in [0, 0.1) is 0 Å². The van der Waals surface area contributed by atoms with Gasteiger partial charge in [0.05, 0.1) is 22.6 Å². The molecule has 5 heterocycles. The first kappa shape index (κ1) is 45.8. The number of furan rings is 1. The van der Waals surface area contributed by atoms with E-state index < -0.39 is 0 Å². The molecule has 0 bridgehead atoms. The third-order valence-corrected chi connectivity index (χ3v) is 19.6. The standard InChI is InChI=1S/C70H62BN3OS/c1-67(2,3)44-31-34-54(50(39-44)43-21-10-9-11-22-43)73-59-42-46(74-55-27-15-14-26-51(55)69(7)37-18-19-38-70(69,74)8)41-58-64(59)71(52-33-36-62-63(65(52)73)49-24-13-17-30-61(49)76-62)53-40-45(68(4,5)6)32-35-56(53)72(58)57-28-20-25-48-47-23-12-16-29-60(47)75-66(48)57/h9-17,20-36,39-42H,18-19,37-38H2,1-8H3. The molecular weight excluding hydrogens is 942 g/mol. The lowest BCUT2D eigenvalue weighted by Gasteiger charge is -2.51. The second-order valence-corrected chi connectivity index (χ2v) is 25.8. The maximum Gasteiger partial charge on any atom is 0.252 e. The molecule has 1 aliphatic carbocycles. The van der Waals surface area contributed by atoms with Crippen molar-refractivity contribution in [3.05, 3.63) is 199 Å². The number of hydrogen-bond donors (Lipinski definition) is 0. The zero-order valence-corrected chi connectivity index (χ0v) is 45.7. The van der Waals surface area contributed by atoms with Gasteiger partial charge >= 0.3 is 0 Å². The van der Waals surface area contributed by atoms with Crippen LogP contribution in [0.3, 0.4) is 0 Å². The Morgan fingerprint density at radius 1 is 0.513 bits per heavy atom. The molecule has 1 fully saturated rings. The smallest absolute Gasteiger partial charge is 0.252 e. The molecule has 2 aromatic heterocycles. The van der Waals surface area contributed by atoms with E-state index in [1.807, 2.05) is 11.3 Å². The average Bonchev–Trinajstić information content (AvgIpc) is 4.23. The number of fused-ring (bicyclic) bond motifs is 14. The van der Waals surface area contributed by atoms with Crippen molar-refractivity contribution in [2.45, 2.75) is 103 Å². The lowest BCUT2D eigenvalue weighted by Crippen LogP contribution is -2.61. The Labute approximate surface area is 451 Å². The fourth-order valence-electron chi connectivity index (χ4n) is 14.4. The van der Waals surface area contributed by atoms with Gasteiger partial charge in [-0.1, -0.05) is 183 Å². The van der Waals surface area contributed by atoms with Crippen molar-refractivity contribution >= 4 is 122 Å². The maximum absolute atomic E-state index is 7.09. The Kier molecular flexibility index (Phi) is 9.65. The molecule has 15 rings (SSSR count). The van der Waals surface area contributed by atoms with E-state index in [2.05, 4.69) is 252 Å². The molecule has 0 N–H and O–H groups in total. The predicted molar refractivity (Wildman–Crippen MR) is 326 cm³/mol. The van der Waals surface area contributed by atoms with Crippen LogP contribution in [0.2, 0.25) is 0 Å². The van der Waals surface area contributed by atoms with Crippen LogP contribution in [0.15, 0.2) is 186 Å². The SMILES string of the molecule is CC(C)(C)c1ccc2c(c1)B1c3ccc4sc5ccccc5c4c3N(c3ccc(C(C)(C)C)cc3-c3ccccc3)c3cc(N4c5ccccc5C5(C)CCCCC45C)cc(c31)N2c1cccc2c1oc1ccccc12. The second kappa shape index (κ2) is 16.0. The van der Waals surface area contributed by atoms with Gasteiger partial charge in [0, 0.05) is 70.4 Å². The summed E-state index contributed by atoms with van der Waals surface area (Å²) in [6, 6.07) is 69.7. The van der Waals surface area contributed by atoms with Crippen LogP contribution in [0.4, 0.5) is 45.5 Å². The highest BCUT2D eigenvalue weighted by Crippen LogP contribution is 2.62. The Hall–Kier alpha value is -7.54. The molecule has 6 heteroatoms. The molecule has 76 heavy (non-hydrogen) atoms. The number of thiophene rings is 1. The Morgan fingerprint density at radius 3 is 1.97 bits per heavy atom. The van der Waals surface area contributed by atoms with Crippen molar-refractivity contribution < 1.29 is 4.42 Å². The number of benzene rings is 9. The van der Waals surface area contributed by atoms with Crippen LogP contribution in [0.25, 0.3) is 53.2 Å². The van der Waals surface area contributed by atoms with Crippen LogP contribution in [-0.4, -0.2) is 12.3 Å². The molecule has 2 unspecified atom stereocenters. The molecule has 0 saturated heterocycles. The molecule has 0 spiro atoms. The summed E-state index contributed by atoms with van der Waals surface area (Å²) < 4.78 is 9.69. The third-order valence-electron chi connectivity index (χ3n) is 18.5. The van der Waals surface area contributed by atoms with Crippen LogP contribution >= 0.6 is 11.3 Å². The highest BCUT2D eigenvalue weighted by atomic mass is 32.1. The summed E-state index contributed by atoms with van der Waals surface area (Å²) in [5, 5.41) is 4.87. The molecule has 11 aromatic rings. The van der Waals surface area contributed by atoms with Gasteiger partial charge in [-0.15, -0.1) is 11.3 Å². The minimum Gasteiger partial charge on any atom is -0.454 e. The van der Waals surface area contributed by atoms with Gasteiger partial charge < -0.3 is 19.1 Å². The molecule has 4 nitrogen and oxygen atoms in total. The number of anilines is 8. The van der Waals surface area contributed by atoms with Gasteiger partial charge in [-0.3, -0.25) is 0 Å². The summed E-state index contributed by atoms with van der Waals surface area (Å²) in [6.07, 6.45) is 4.69. The van der Waals surface area contributed by atoms with Gasteiger partial charge in [-0.2, -0.15) is 0 Å². The summed E-state index contributed by atoms with van der Waals surface area (Å²) in [5.74, 6) is 0. The third kappa shape index (κ3) is 6.31. The Morgan fingerprint density at radius 2 is 1.17 bits per heavy atom. The van der Waals surface area contributed by atoms with Gasteiger partial charge in [0.15, 0.2) is 5.58 Å². The van der Waals surface area contributed by atoms with E-state index in [9.17, 15) is 0 Å². The Bertz CT molecular complexity index is 4230. The zero-order chi connectivity index (χ0) is 51.6. The fraction of sp³-hybridized carbons (Fsp3) is 0.229. The van der Waals surface area contributed by atoms with Crippen molar-refractivity contribution in [3.63, 3.8) is 0 Å². The van der Waals surface area contributed by atoms with Gasteiger partial charge in [0.2, 0.25) is 0 Å². The quantitative estimate of drug-likeness (QED) is 0.164. The molecule has 2 atom stereocenters. The minimum absolute atomic E-state index is 0.0374. The lowest BCUT2D eigenvalue weighted by atomic mass is 9.33. The molecule has 372 valence electrons. The van der Waals surface area contributed by atoms with Crippen LogP contribution in [0.1, 0.15) is 97.8 Å². The summed E-state index contributed by atoms with van der Waals surface area (Å²) in [5.41, 5.74) is 21.5. The normalized spacial score (nSPS) is 18.8. The second-order valence-electron chi connectivity index (χ2n) is 24.8. The zero-order valence-electron chi connectivity index (χ0n) is 44.9. The van der Waals surface area contributed by atoms with Crippen molar-refractivity contribution in [1.29, 1.82) is 0 Å². The van der Waals surface area contributed by atoms with E-state index in [1.165, 1.54) is 117 Å². The summed E-state index contributed by atoms with van der Waals surface area (Å²) in [7, 11) is 0. The first-order chi connectivity index (χ1) is 36.7. The van der Waals surface area contributed by atoms with Crippen LogP contribution in [-0.2, 0) is 16.2 Å². The number of hydrogen-bond acceptors (Lipinski definition) is 5. The van der Waals surface area contributed by atoms with Gasteiger partial charge in [-0.25, -0.2) is 0 Å². The van der Waals surface area contributed by atoms with E-state index in [0.717, 1.165) is 40.5 Å². The van der Waals surface area contributed by atoms with E-state index in [0.29, 0.717) is 0 Å². The van der Waals surface area contributed by atoms with Crippen molar-refractivity contribution in [2.24, 2.45) is 0 Å².